The van der Waals surface area contributed by atoms with Crippen molar-refractivity contribution in [2.45, 2.75) is 0 Å². The molecule has 0 unspecified atom stereocenters. The Morgan fingerprint density at radius 1 is 1.12 bits per heavy atom. The van der Waals surface area contributed by atoms with Crippen LogP contribution in [0.5, 0.6) is 0 Å². The van der Waals surface area contributed by atoms with Gasteiger partial charge in [-0.25, -0.2) is 9.59 Å². The number of amides is 1. The summed E-state index contributed by atoms with van der Waals surface area (Å²) in [6.07, 6.45) is 0. The molecule has 0 aliphatic carbocycles. The van der Waals surface area contributed by atoms with Gasteiger partial charge in [-0.2, -0.15) is 0 Å². The molecule has 0 fully saturated rings. The first-order chi connectivity index (χ1) is 11.8. The summed E-state index contributed by atoms with van der Waals surface area (Å²) in [5.41, 5.74) is -0.788. The Bertz CT molecular complexity index is 877. The van der Waals surface area contributed by atoms with E-state index in [0.717, 1.165) is 18.2 Å². The summed E-state index contributed by atoms with van der Waals surface area (Å²) in [5, 5.41) is 22.4. The van der Waals surface area contributed by atoms with Crippen LogP contribution in [0.3, 0.4) is 0 Å². The van der Waals surface area contributed by atoms with Gasteiger partial charge >= 0.3 is 11.9 Å². The van der Waals surface area contributed by atoms with Crippen LogP contribution < -0.4 is 5.32 Å². The minimum Gasteiger partial charge on any atom is -0.478 e. The highest BCUT2D eigenvalue weighted by atomic mass is 16.6. The highest BCUT2D eigenvalue weighted by molar-refractivity contribution is 6.11. The van der Waals surface area contributed by atoms with Crippen molar-refractivity contribution < 1.29 is 29.2 Å². The van der Waals surface area contributed by atoms with Crippen LogP contribution in [0.15, 0.2) is 42.5 Å². The molecule has 0 aliphatic heterocycles. The normalized spacial score (nSPS) is 9.96. The summed E-state index contributed by atoms with van der Waals surface area (Å²) < 4.78 is 4.57. The lowest BCUT2D eigenvalue weighted by atomic mass is 10.1. The third-order valence-electron chi connectivity index (χ3n) is 3.23. The van der Waals surface area contributed by atoms with Gasteiger partial charge in [0.2, 0.25) is 0 Å². The number of carboxylic acid groups (broad SMARTS) is 1. The van der Waals surface area contributed by atoms with Crippen LogP contribution in [0.4, 0.5) is 11.4 Å². The van der Waals surface area contributed by atoms with E-state index in [9.17, 15) is 24.5 Å². The van der Waals surface area contributed by atoms with Crippen LogP contribution in [-0.2, 0) is 4.74 Å². The van der Waals surface area contributed by atoms with Crippen molar-refractivity contribution in [2.75, 3.05) is 12.4 Å². The van der Waals surface area contributed by atoms with E-state index >= 15 is 0 Å². The van der Waals surface area contributed by atoms with Crippen LogP contribution in [0.25, 0.3) is 0 Å². The topological polar surface area (TPSA) is 136 Å². The van der Waals surface area contributed by atoms with E-state index in [0.29, 0.717) is 0 Å². The van der Waals surface area contributed by atoms with Crippen LogP contribution in [-0.4, -0.2) is 35.0 Å². The molecular weight excluding hydrogens is 332 g/mol. The number of carbonyl (C=O) groups excluding carboxylic acids is 2. The second-order valence-electron chi connectivity index (χ2n) is 4.82. The van der Waals surface area contributed by atoms with Gasteiger partial charge in [0, 0.05) is 17.8 Å². The Balaban J connectivity index is 2.37. The number of methoxy groups -OCH3 is 1. The number of carbonyl (C=O) groups is 3. The van der Waals surface area contributed by atoms with Crippen molar-refractivity contribution in [1.82, 2.24) is 0 Å². The lowest BCUT2D eigenvalue weighted by Gasteiger charge is -2.09. The van der Waals surface area contributed by atoms with Gasteiger partial charge in [0.25, 0.3) is 11.6 Å². The zero-order chi connectivity index (χ0) is 18.6. The molecule has 0 aliphatic rings. The van der Waals surface area contributed by atoms with Gasteiger partial charge in [-0.05, 0) is 24.3 Å². The molecule has 9 heteroatoms. The number of non-ortho nitro benzene ring substituents is 1. The van der Waals surface area contributed by atoms with Crippen molar-refractivity contribution in [2.24, 2.45) is 0 Å². The molecule has 0 radical (unpaired) electrons. The number of esters is 1. The largest absolute Gasteiger partial charge is 0.478 e. The number of benzene rings is 2. The van der Waals surface area contributed by atoms with Crippen LogP contribution >= 0.6 is 0 Å². The third kappa shape index (κ3) is 3.96. The minimum atomic E-state index is -1.40. The second-order valence-corrected chi connectivity index (χ2v) is 4.82. The van der Waals surface area contributed by atoms with Crippen molar-refractivity contribution in [3.63, 3.8) is 0 Å². The number of nitrogens with one attached hydrogen (secondary N) is 1. The molecule has 0 saturated heterocycles. The molecule has 128 valence electrons. The van der Waals surface area contributed by atoms with E-state index in [4.69, 9.17) is 5.11 Å². The van der Waals surface area contributed by atoms with Gasteiger partial charge in [-0.1, -0.05) is 6.07 Å². The average Bonchev–Trinajstić information content (AvgIpc) is 2.60. The molecule has 0 bridgehead atoms. The smallest absolute Gasteiger partial charge is 0.337 e. The molecule has 2 aromatic rings. The standard InChI is InChI=1S/C16H12N2O7/c1-25-16(22)9-3-2-4-10(7-9)17-14(19)13-8-11(18(23)24)5-6-12(13)15(20)21/h2-8H,1H3,(H,17,19)(H,20,21). The molecule has 0 aromatic heterocycles. The van der Waals surface area contributed by atoms with Gasteiger partial charge in [0.15, 0.2) is 0 Å². The number of carboxylic acids is 1. The number of nitro groups is 1. The summed E-state index contributed by atoms with van der Waals surface area (Å²) >= 11 is 0. The van der Waals surface area contributed by atoms with E-state index in [1.807, 2.05) is 0 Å². The zero-order valence-electron chi connectivity index (χ0n) is 12.9. The second kappa shape index (κ2) is 7.21. The van der Waals surface area contributed by atoms with Gasteiger partial charge in [-0.3, -0.25) is 14.9 Å². The van der Waals surface area contributed by atoms with Gasteiger partial charge in [0.05, 0.1) is 28.7 Å². The van der Waals surface area contributed by atoms with Crippen molar-refractivity contribution in [3.05, 3.63) is 69.3 Å². The van der Waals surface area contributed by atoms with E-state index < -0.39 is 28.5 Å². The lowest BCUT2D eigenvalue weighted by molar-refractivity contribution is -0.384. The van der Waals surface area contributed by atoms with E-state index in [2.05, 4.69) is 10.1 Å². The zero-order valence-corrected chi connectivity index (χ0v) is 12.9. The molecule has 2 N–H and O–H groups in total. The maximum atomic E-state index is 12.4. The van der Waals surface area contributed by atoms with Crippen LogP contribution in [0.1, 0.15) is 31.1 Å². The van der Waals surface area contributed by atoms with E-state index in [1.54, 1.807) is 0 Å². The first kappa shape index (κ1) is 17.6. The SMILES string of the molecule is COC(=O)c1cccc(NC(=O)c2cc([N+](=O)[O-])ccc2C(=O)O)c1. The number of aromatic carboxylic acids is 1. The number of nitro benzene ring substituents is 1. The van der Waals surface area contributed by atoms with Crippen LogP contribution in [0, 0.1) is 10.1 Å². The van der Waals surface area contributed by atoms with Crippen molar-refractivity contribution >= 4 is 29.2 Å². The number of nitrogens with zero attached hydrogens (tertiary/aromatic N) is 1. The first-order valence-corrected chi connectivity index (χ1v) is 6.85. The fourth-order valence-electron chi connectivity index (χ4n) is 2.06. The molecule has 25 heavy (non-hydrogen) atoms. The quantitative estimate of drug-likeness (QED) is 0.482. The maximum absolute atomic E-state index is 12.4. The van der Waals surface area contributed by atoms with Crippen molar-refractivity contribution in [1.29, 1.82) is 0 Å². The van der Waals surface area contributed by atoms with Gasteiger partial charge < -0.3 is 15.2 Å². The highest BCUT2D eigenvalue weighted by Crippen LogP contribution is 2.20. The molecule has 2 rings (SSSR count). The molecule has 1 amide bonds. The first-order valence-electron chi connectivity index (χ1n) is 6.85. The van der Waals surface area contributed by atoms with Gasteiger partial charge in [0.1, 0.15) is 0 Å². The van der Waals surface area contributed by atoms with E-state index in [-0.39, 0.29) is 22.4 Å². The Kier molecular flexibility index (Phi) is 5.08. The summed E-state index contributed by atoms with van der Waals surface area (Å²) in [4.78, 5) is 45.2. The van der Waals surface area contributed by atoms with Crippen LogP contribution in [0.2, 0.25) is 0 Å². The van der Waals surface area contributed by atoms with E-state index in [1.165, 1.54) is 31.4 Å². The number of anilines is 1. The number of ether oxygens (including phenoxy) is 1. The summed E-state index contributed by atoms with van der Waals surface area (Å²) in [6, 6.07) is 8.63. The average molecular weight is 344 g/mol. The Morgan fingerprint density at radius 2 is 1.84 bits per heavy atom. The summed E-state index contributed by atoms with van der Waals surface area (Å²) in [5.74, 6) is -2.87. The molecule has 0 atom stereocenters. The lowest BCUT2D eigenvalue weighted by Crippen LogP contribution is -2.17. The number of rotatable bonds is 5. The monoisotopic (exact) mass is 344 g/mol. The van der Waals surface area contributed by atoms with Crippen molar-refractivity contribution in [3.8, 4) is 0 Å². The Labute approximate surface area is 141 Å². The summed E-state index contributed by atoms with van der Waals surface area (Å²) in [6.45, 7) is 0. The number of hydrogen-bond donors (Lipinski definition) is 2. The fraction of sp³-hybridized carbons (Fsp3) is 0.0625. The molecule has 0 heterocycles. The Morgan fingerprint density at radius 3 is 2.44 bits per heavy atom. The molecule has 2 aromatic carbocycles. The minimum absolute atomic E-state index is 0.179. The molecule has 0 saturated carbocycles. The summed E-state index contributed by atoms with van der Waals surface area (Å²) in [7, 11) is 1.20. The Hall–Kier alpha value is -3.75. The molecule has 9 nitrogen and oxygen atoms in total. The third-order valence-corrected chi connectivity index (χ3v) is 3.23. The highest BCUT2D eigenvalue weighted by Gasteiger charge is 2.21. The number of hydrogen-bond acceptors (Lipinski definition) is 6. The predicted octanol–water partition coefficient (Wildman–Crippen LogP) is 2.33. The fourth-order valence-corrected chi connectivity index (χ4v) is 2.06. The molecule has 0 spiro atoms. The molecular formula is C16H12N2O7. The van der Waals surface area contributed by atoms with Gasteiger partial charge in [-0.15, -0.1) is 0 Å². The maximum Gasteiger partial charge on any atom is 0.337 e. The predicted molar refractivity (Wildman–Crippen MR) is 85.8 cm³/mol.